The van der Waals surface area contributed by atoms with Gasteiger partial charge in [-0.15, -0.1) is 0 Å². The lowest BCUT2D eigenvalue weighted by molar-refractivity contribution is -0.133. The highest BCUT2D eigenvalue weighted by atomic mass is 35.5. The van der Waals surface area contributed by atoms with Gasteiger partial charge in [0.15, 0.2) is 5.78 Å². The summed E-state index contributed by atoms with van der Waals surface area (Å²) in [6.45, 7) is 1.25. The second-order valence-corrected chi connectivity index (χ2v) is 8.81. The molecule has 1 fully saturated rings. The van der Waals surface area contributed by atoms with E-state index in [0.29, 0.717) is 30.0 Å². The first-order chi connectivity index (χ1) is 14.0. The van der Waals surface area contributed by atoms with Crippen molar-refractivity contribution in [2.75, 3.05) is 13.1 Å². The molecule has 2 heterocycles. The largest absolute Gasteiger partial charge is 0.341 e. The van der Waals surface area contributed by atoms with E-state index in [-0.39, 0.29) is 29.0 Å². The molecule has 1 aromatic heterocycles. The zero-order valence-electron chi connectivity index (χ0n) is 15.8. The molecule has 0 atom stereocenters. The SMILES string of the molecule is O=C(CC1CCN(C(=O)Cn2c(=O)sc3ccc(Cl)cc32)CC1)c1ccccc1. The Morgan fingerprint density at radius 3 is 2.52 bits per heavy atom. The molecule has 29 heavy (non-hydrogen) atoms. The number of rotatable bonds is 5. The van der Waals surface area contributed by atoms with Gasteiger partial charge in [0.1, 0.15) is 6.54 Å². The predicted octanol–water partition coefficient (Wildman–Crippen LogP) is 4.23. The van der Waals surface area contributed by atoms with Gasteiger partial charge in [0.05, 0.1) is 10.2 Å². The van der Waals surface area contributed by atoms with Gasteiger partial charge in [-0.3, -0.25) is 19.0 Å². The molecule has 3 aromatic rings. The topological polar surface area (TPSA) is 59.4 Å². The van der Waals surface area contributed by atoms with Crippen LogP contribution < -0.4 is 4.87 Å². The number of amides is 1. The number of carbonyl (C=O) groups is 2. The summed E-state index contributed by atoms with van der Waals surface area (Å²) < 4.78 is 2.32. The number of thiazole rings is 1. The Kier molecular flexibility index (Phi) is 5.83. The summed E-state index contributed by atoms with van der Waals surface area (Å²) in [6, 6.07) is 14.6. The van der Waals surface area contributed by atoms with E-state index in [9.17, 15) is 14.4 Å². The summed E-state index contributed by atoms with van der Waals surface area (Å²) >= 11 is 7.18. The van der Waals surface area contributed by atoms with Crippen molar-refractivity contribution in [1.29, 1.82) is 0 Å². The minimum absolute atomic E-state index is 0.0206. The maximum Gasteiger partial charge on any atom is 0.308 e. The van der Waals surface area contributed by atoms with Crippen molar-refractivity contribution < 1.29 is 9.59 Å². The summed E-state index contributed by atoms with van der Waals surface area (Å²) in [6.07, 6.45) is 2.12. The molecule has 7 heteroatoms. The molecule has 0 aliphatic carbocycles. The number of benzene rings is 2. The minimum Gasteiger partial charge on any atom is -0.341 e. The van der Waals surface area contributed by atoms with E-state index >= 15 is 0 Å². The number of fused-ring (bicyclic) bond motifs is 1. The maximum absolute atomic E-state index is 12.8. The van der Waals surface area contributed by atoms with E-state index in [0.717, 1.165) is 34.4 Å². The maximum atomic E-state index is 12.8. The van der Waals surface area contributed by atoms with E-state index in [4.69, 9.17) is 11.6 Å². The van der Waals surface area contributed by atoms with Gasteiger partial charge < -0.3 is 4.90 Å². The highest BCUT2D eigenvalue weighted by Crippen LogP contribution is 2.24. The number of nitrogens with zero attached hydrogens (tertiary/aromatic N) is 2. The number of carbonyl (C=O) groups excluding carboxylic acids is 2. The van der Waals surface area contributed by atoms with Crippen LogP contribution in [0.5, 0.6) is 0 Å². The van der Waals surface area contributed by atoms with Gasteiger partial charge in [-0.1, -0.05) is 53.3 Å². The van der Waals surface area contributed by atoms with E-state index in [1.165, 1.54) is 4.57 Å². The summed E-state index contributed by atoms with van der Waals surface area (Å²) in [4.78, 5) is 39.1. The van der Waals surface area contributed by atoms with Crippen molar-refractivity contribution in [1.82, 2.24) is 9.47 Å². The Hall–Kier alpha value is -2.44. The highest BCUT2D eigenvalue weighted by molar-refractivity contribution is 7.16. The molecule has 2 aromatic carbocycles. The number of hydrogen-bond acceptors (Lipinski definition) is 4. The first kappa shape index (κ1) is 19.9. The van der Waals surface area contributed by atoms with Crippen LogP contribution in [-0.4, -0.2) is 34.2 Å². The smallest absolute Gasteiger partial charge is 0.308 e. The number of aromatic nitrogens is 1. The number of halogens is 1. The third kappa shape index (κ3) is 4.43. The van der Waals surface area contributed by atoms with Crippen LogP contribution in [0.1, 0.15) is 29.6 Å². The number of piperidine rings is 1. The molecule has 0 radical (unpaired) electrons. The van der Waals surface area contributed by atoms with Crippen molar-refractivity contribution >= 4 is 44.8 Å². The van der Waals surface area contributed by atoms with Crippen LogP contribution in [0.4, 0.5) is 0 Å². The fourth-order valence-corrected chi connectivity index (χ4v) is 4.85. The Morgan fingerprint density at radius 2 is 1.79 bits per heavy atom. The Balaban J connectivity index is 1.36. The number of hydrogen-bond donors (Lipinski definition) is 0. The van der Waals surface area contributed by atoms with Crippen LogP contribution in [0.2, 0.25) is 5.02 Å². The van der Waals surface area contributed by atoms with Crippen molar-refractivity contribution in [3.05, 3.63) is 68.8 Å². The summed E-state index contributed by atoms with van der Waals surface area (Å²) in [7, 11) is 0. The van der Waals surface area contributed by atoms with E-state index < -0.39 is 0 Å². The lowest BCUT2D eigenvalue weighted by Crippen LogP contribution is -2.41. The number of likely N-dealkylation sites (tertiary alicyclic amines) is 1. The average molecular weight is 429 g/mol. The molecule has 0 bridgehead atoms. The van der Waals surface area contributed by atoms with Gasteiger partial charge in [0.25, 0.3) is 0 Å². The summed E-state index contributed by atoms with van der Waals surface area (Å²) in [5, 5.41) is 0.542. The quantitative estimate of drug-likeness (QED) is 0.571. The Morgan fingerprint density at radius 1 is 1.07 bits per heavy atom. The number of ketones is 1. The average Bonchev–Trinajstić information content (AvgIpc) is 3.03. The summed E-state index contributed by atoms with van der Waals surface area (Å²) in [5.74, 6) is 0.374. The minimum atomic E-state index is -0.154. The van der Waals surface area contributed by atoms with Gasteiger partial charge >= 0.3 is 4.87 Å². The second kappa shape index (κ2) is 8.51. The van der Waals surface area contributed by atoms with Crippen LogP contribution in [0, 0.1) is 5.92 Å². The molecule has 1 aliphatic heterocycles. The van der Waals surface area contributed by atoms with Gasteiger partial charge in [-0.05, 0) is 37.0 Å². The van der Waals surface area contributed by atoms with E-state index in [1.807, 2.05) is 30.3 Å². The lowest BCUT2D eigenvalue weighted by atomic mass is 9.90. The molecule has 1 aliphatic rings. The highest BCUT2D eigenvalue weighted by Gasteiger charge is 2.25. The van der Waals surface area contributed by atoms with Gasteiger partial charge in [-0.2, -0.15) is 0 Å². The molecule has 0 spiro atoms. The molecule has 5 nitrogen and oxygen atoms in total. The lowest BCUT2D eigenvalue weighted by Gasteiger charge is -2.32. The molecular weight excluding hydrogens is 408 g/mol. The molecule has 1 amide bonds. The van der Waals surface area contributed by atoms with Gasteiger partial charge in [0, 0.05) is 30.1 Å². The summed E-state index contributed by atoms with van der Waals surface area (Å²) in [5.41, 5.74) is 1.44. The van der Waals surface area contributed by atoms with E-state index in [1.54, 1.807) is 23.1 Å². The van der Waals surface area contributed by atoms with Gasteiger partial charge in [-0.25, -0.2) is 0 Å². The normalized spacial score (nSPS) is 15.0. The third-order valence-corrected chi connectivity index (χ3v) is 6.66. The van der Waals surface area contributed by atoms with Crippen LogP contribution >= 0.6 is 22.9 Å². The van der Waals surface area contributed by atoms with Crippen molar-refractivity contribution in [2.24, 2.45) is 5.92 Å². The zero-order valence-corrected chi connectivity index (χ0v) is 17.4. The Bertz CT molecular complexity index is 1100. The standard InChI is InChI=1S/C22H21ClN2O3S/c23-17-6-7-20-18(13-17)25(22(28)29-20)14-21(27)24-10-8-15(9-11-24)12-19(26)16-4-2-1-3-5-16/h1-7,13,15H,8-12,14H2. The third-order valence-electron chi connectivity index (χ3n) is 5.46. The predicted molar refractivity (Wildman–Crippen MR) is 116 cm³/mol. The molecule has 4 rings (SSSR count). The molecule has 0 unspecified atom stereocenters. The van der Waals surface area contributed by atoms with Crippen molar-refractivity contribution in [3.8, 4) is 0 Å². The molecule has 150 valence electrons. The zero-order chi connectivity index (χ0) is 20.4. The van der Waals surface area contributed by atoms with Crippen LogP contribution in [-0.2, 0) is 11.3 Å². The first-order valence-corrected chi connectivity index (χ1v) is 10.9. The Labute approximate surface area is 177 Å². The van der Waals surface area contributed by atoms with Crippen LogP contribution in [0.15, 0.2) is 53.3 Å². The van der Waals surface area contributed by atoms with Gasteiger partial charge in [0.2, 0.25) is 5.91 Å². The van der Waals surface area contributed by atoms with Crippen molar-refractivity contribution in [2.45, 2.75) is 25.8 Å². The molecular formula is C22H21ClN2O3S. The van der Waals surface area contributed by atoms with Crippen molar-refractivity contribution in [3.63, 3.8) is 0 Å². The number of Topliss-reactive ketones (excluding diaryl/α,β-unsaturated/α-hetero) is 1. The first-order valence-electron chi connectivity index (χ1n) is 9.66. The fourth-order valence-electron chi connectivity index (χ4n) is 3.81. The van der Waals surface area contributed by atoms with Crippen LogP contribution in [0.3, 0.4) is 0 Å². The molecule has 0 saturated carbocycles. The molecule has 0 N–H and O–H groups in total. The van der Waals surface area contributed by atoms with E-state index in [2.05, 4.69) is 0 Å². The fraction of sp³-hybridized carbons (Fsp3) is 0.318. The monoisotopic (exact) mass is 428 g/mol. The second-order valence-electron chi connectivity index (χ2n) is 7.38. The van der Waals surface area contributed by atoms with Crippen LogP contribution in [0.25, 0.3) is 10.2 Å². The molecule has 1 saturated heterocycles.